The molecule has 0 fully saturated rings. The van der Waals surface area contributed by atoms with Crippen LogP contribution in [0.5, 0.6) is 0 Å². The number of nitrogens with zero attached hydrogens (tertiary/aromatic N) is 2. The number of aliphatic imine (C=N–C) groups is 1. The Bertz CT molecular complexity index is 550. The molecule has 1 aliphatic rings. The zero-order valence-corrected chi connectivity index (χ0v) is 13.7. The second kappa shape index (κ2) is 6.92. The van der Waals surface area contributed by atoms with Crippen LogP contribution in [0.2, 0.25) is 0 Å². The predicted octanol–water partition coefficient (Wildman–Crippen LogP) is 1.73. The van der Waals surface area contributed by atoms with Crippen molar-refractivity contribution in [2.75, 3.05) is 27.2 Å². The third-order valence-corrected chi connectivity index (χ3v) is 4.10. The van der Waals surface area contributed by atoms with Gasteiger partial charge >= 0.3 is 0 Å². The highest BCUT2D eigenvalue weighted by atomic mass is 16.1. The Morgan fingerprint density at radius 3 is 2.64 bits per heavy atom. The molecular weight excluding hydrogens is 276 g/mol. The lowest BCUT2D eigenvalue weighted by atomic mass is 9.85. The van der Waals surface area contributed by atoms with Gasteiger partial charge in [-0.05, 0) is 51.6 Å². The SMILES string of the molecule is CN(C)CCNC(=O)c1ccc(C2(C)CCCC(N)=N2)cc1. The molecule has 120 valence electrons. The van der Waals surface area contributed by atoms with Gasteiger partial charge in [-0.25, -0.2) is 0 Å². The van der Waals surface area contributed by atoms with Crippen molar-refractivity contribution in [1.29, 1.82) is 0 Å². The maximum Gasteiger partial charge on any atom is 0.251 e. The maximum absolute atomic E-state index is 12.1. The van der Waals surface area contributed by atoms with Crippen molar-refractivity contribution in [2.45, 2.75) is 31.7 Å². The maximum atomic E-state index is 12.1. The minimum absolute atomic E-state index is 0.0368. The van der Waals surface area contributed by atoms with Gasteiger partial charge in [0.2, 0.25) is 0 Å². The molecule has 5 nitrogen and oxygen atoms in total. The van der Waals surface area contributed by atoms with E-state index in [9.17, 15) is 4.79 Å². The summed E-state index contributed by atoms with van der Waals surface area (Å²) in [6.45, 7) is 3.58. The van der Waals surface area contributed by atoms with E-state index in [1.807, 2.05) is 43.3 Å². The van der Waals surface area contributed by atoms with Crippen LogP contribution in [-0.4, -0.2) is 43.8 Å². The normalized spacial score (nSPS) is 21.5. The molecular formula is C17H26N4O. The molecule has 1 aromatic carbocycles. The lowest BCUT2D eigenvalue weighted by molar-refractivity contribution is 0.0951. The summed E-state index contributed by atoms with van der Waals surface area (Å²) in [5.41, 5.74) is 7.42. The third-order valence-electron chi connectivity index (χ3n) is 4.10. The van der Waals surface area contributed by atoms with Crippen molar-refractivity contribution in [1.82, 2.24) is 10.2 Å². The standard InChI is InChI=1S/C17H26N4O/c1-17(10-4-5-15(18)20-17)14-8-6-13(7-9-14)16(22)19-11-12-21(2)3/h6-9H,4-5,10-12H2,1-3H3,(H2,18,20)(H,19,22). The quantitative estimate of drug-likeness (QED) is 0.870. The number of benzene rings is 1. The molecule has 22 heavy (non-hydrogen) atoms. The fourth-order valence-electron chi connectivity index (χ4n) is 2.73. The van der Waals surface area contributed by atoms with E-state index in [-0.39, 0.29) is 11.4 Å². The highest BCUT2D eigenvalue weighted by Crippen LogP contribution is 2.34. The zero-order valence-electron chi connectivity index (χ0n) is 13.7. The first kappa shape index (κ1) is 16.5. The largest absolute Gasteiger partial charge is 0.387 e. The molecule has 3 N–H and O–H groups in total. The van der Waals surface area contributed by atoms with E-state index in [0.29, 0.717) is 12.1 Å². The number of carbonyl (C=O) groups is 1. The van der Waals surface area contributed by atoms with Gasteiger partial charge in [0.1, 0.15) is 0 Å². The van der Waals surface area contributed by atoms with Crippen LogP contribution in [0.4, 0.5) is 0 Å². The summed E-state index contributed by atoms with van der Waals surface area (Å²) < 4.78 is 0. The van der Waals surface area contributed by atoms with Crippen LogP contribution in [0, 0.1) is 0 Å². The van der Waals surface area contributed by atoms with Crippen molar-refractivity contribution < 1.29 is 4.79 Å². The Labute approximate surface area is 132 Å². The Morgan fingerprint density at radius 1 is 1.36 bits per heavy atom. The number of hydrogen-bond acceptors (Lipinski definition) is 4. The van der Waals surface area contributed by atoms with E-state index in [0.717, 1.165) is 37.2 Å². The van der Waals surface area contributed by atoms with Crippen molar-refractivity contribution in [3.8, 4) is 0 Å². The van der Waals surface area contributed by atoms with Gasteiger partial charge in [0, 0.05) is 25.1 Å². The zero-order chi connectivity index (χ0) is 16.2. The van der Waals surface area contributed by atoms with Crippen LogP contribution in [0.3, 0.4) is 0 Å². The molecule has 1 amide bonds. The molecule has 0 aromatic heterocycles. The number of nitrogens with one attached hydrogen (secondary N) is 1. The highest BCUT2D eigenvalue weighted by molar-refractivity contribution is 5.94. The topological polar surface area (TPSA) is 70.7 Å². The molecule has 0 spiro atoms. The van der Waals surface area contributed by atoms with Gasteiger partial charge in [-0.3, -0.25) is 9.79 Å². The van der Waals surface area contributed by atoms with Crippen LogP contribution in [0.25, 0.3) is 0 Å². The second-order valence-corrected chi connectivity index (χ2v) is 6.37. The molecule has 1 unspecified atom stereocenters. The third kappa shape index (κ3) is 4.07. The van der Waals surface area contributed by atoms with E-state index >= 15 is 0 Å². The molecule has 5 heteroatoms. The number of hydrogen-bond donors (Lipinski definition) is 2. The van der Waals surface area contributed by atoms with Crippen LogP contribution in [0.15, 0.2) is 29.3 Å². The molecule has 1 heterocycles. The highest BCUT2D eigenvalue weighted by Gasteiger charge is 2.28. The average Bonchev–Trinajstić information content (AvgIpc) is 2.46. The van der Waals surface area contributed by atoms with E-state index in [1.165, 1.54) is 0 Å². The lowest BCUT2D eigenvalue weighted by Crippen LogP contribution is -2.31. The fraction of sp³-hybridized carbons (Fsp3) is 0.529. The van der Waals surface area contributed by atoms with E-state index in [4.69, 9.17) is 5.73 Å². The Morgan fingerprint density at radius 2 is 2.05 bits per heavy atom. The van der Waals surface area contributed by atoms with Crippen LogP contribution >= 0.6 is 0 Å². The average molecular weight is 302 g/mol. The summed E-state index contributed by atoms with van der Waals surface area (Å²) in [5, 5.41) is 2.92. The van der Waals surface area contributed by atoms with Crippen molar-refractivity contribution in [2.24, 2.45) is 10.7 Å². The van der Waals surface area contributed by atoms with Crippen molar-refractivity contribution >= 4 is 11.7 Å². The van der Waals surface area contributed by atoms with E-state index < -0.39 is 0 Å². The van der Waals surface area contributed by atoms with E-state index in [1.54, 1.807) is 0 Å². The summed E-state index contributed by atoms with van der Waals surface area (Å²) in [7, 11) is 3.97. The molecule has 0 saturated heterocycles. The second-order valence-electron chi connectivity index (χ2n) is 6.37. The molecule has 0 aliphatic carbocycles. The van der Waals surface area contributed by atoms with Crippen LogP contribution < -0.4 is 11.1 Å². The van der Waals surface area contributed by atoms with Crippen molar-refractivity contribution in [3.63, 3.8) is 0 Å². The molecule has 0 radical (unpaired) electrons. The smallest absolute Gasteiger partial charge is 0.251 e. The molecule has 0 saturated carbocycles. The van der Waals surface area contributed by atoms with Gasteiger partial charge in [0.05, 0.1) is 11.4 Å². The number of nitrogens with two attached hydrogens (primary N) is 1. The number of amidine groups is 1. The Balaban J connectivity index is 2.04. The molecule has 2 rings (SSSR count). The van der Waals surface area contributed by atoms with Gasteiger partial charge < -0.3 is 16.0 Å². The molecule has 1 aromatic rings. The summed E-state index contributed by atoms with van der Waals surface area (Å²) in [4.78, 5) is 18.7. The van der Waals surface area contributed by atoms with Crippen LogP contribution in [0.1, 0.15) is 42.1 Å². The lowest BCUT2D eigenvalue weighted by Gasteiger charge is -2.30. The first-order chi connectivity index (χ1) is 10.4. The Hall–Kier alpha value is -1.88. The summed E-state index contributed by atoms with van der Waals surface area (Å²) in [5.74, 6) is 0.685. The molecule has 0 bridgehead atoms. The summed E-state index contributed by atoms with van der Waals surface area (Å²) >= 11 is 0. The Kier molecular flexibility index (Phi) is 5.19. The molecule has 1 aliphatic heterocycles. The summed E-state index contributed by atoms with van der Waals surface area (Å²) in [6, 6.07) is 7.71. The van der Waals surface area contributed by atoms with Gasteiger partial charge in [-0.15, -0.1) is 0 Å². The summed E-state index contributed by atoms with van der Waals surface area (Å²) in [6.07, 6.45) is 2.92. The van der Waals surface area contributed by atoms with Crippen LogP contribution in [-0.2, 0) is 5.54 Å². The van der Waals surface area contributed by atoms with Gasteiger partial charge in [0.25, 0.3) is 5.91 Å². The van der Waals surface area contributed by atoms with Gasteiger partial charge in [-0.2, -0.15) is 0 Å². The number of amides is 1. The minimum Gasteiger partial charge on any atom is -0.387 e. The number of rotatable bonds is 5. The first-order valence-corrected chi connectivity index (χ1v) is 7.78. The fourth-order valence-corrected chi connectivity index (χ4v) is 2.73. The number of carbonyl (C=O) groups excluding carboxylic acids is 1. The predicted molar refractivity (Wildman–Crippen MR) is 90.2 cm³/mol. The van der Waals surface area contributed by atoms with Crippen molar-refractivity contribution in [3.05, 3.63) is 35.4 Å². The van der Waals surface area contributed by atoms with Gasteiger partial charge in [0.15, 0.2) is 0 Å². The van der Waals surface area contributed by atoms with Gasteiger partial charge in [-0.1, -0.05) is 12.1 Å². The molecule has 1 atom stereocenters. The monoisotopic (exact) mass is 302 g/mol. The van der Waals surface area contributed by atoms with E-state index in [2.05, 4.69) is 17.2 Å². The minimum atomic E-state index is -0.262. The number of likely N-dealkylation sites (N-methyl/N-ethyl adjacent to an activating group) is 1. The first-order valence-electron chi connectivity index (χ1n) is 7.78.